The van der Waals surface area contributed by atoms with Gasteiger partial charge in [0, 0.05) is 23.8 Å². The second-order valence-electron chi connectivity index (χ2n) is 9.85. The van der Waals surface area contributed by atoms with Crippen LogP contribution in [0, 0.1) is 0 Å². The average molecular weight is 557 g/mol. The first-order valence-corrected chi connectivity index (χ1v) is 12.7. The number of carbonyl (C=O) groups is 2. The molecule has 4 aromatic carbocycles. The molecular formula is C31H24O10. The number of phenols is 5. The Bertz CT molecular complexity index is 1720. The first kappa shape index (κ1) is 25.9. The molecule has 0 fully saturated rings. The van der Waals surface area contributed by atoms with Crippen molar-refractivity contribution in [3.8, 4) is 57.1 Å². The van der Waals surface area contributed by atoms with E-state index < -0.39 is 29.5 Å². The Balaban J connectivity index is 1.40. The number of ketones is 2. The van der Waals surface area contributed by atoms with Crippen LogP contribution in [0.2, 0.25) is 0 Å². The lowest BCUT2D eigenvalue weighted by molar-refractivity contribution is 0.0834. The third kappa shape index (κ3) is 4.39. The minimum atomic E-state index is -0.821. The second-order valence-corrected chi connectivity index (χ2v) is 9.85. The van der Waals surface area contributed by atoms with E-state index >= 15 is 0 Å². The molecule has 41 heavy (non-hydrogen) atoms. The number of hydrogen-bond donors (Lipinski definition) is 5. The van der Waals surface area contributed by atoms with Gasteiger partial charge in [0.15, 0.2) is 11.6 Å². The number of methoxy groups -OCH3 is 1. The lowest BCUT2D eigenvalue weighted by Crippen LogP contribution is -2.21. The van der Waals surface area contributed by atoms with Crippen LogP contribution in [0.5, 0.6) is 46.0 Å². The molecule has 0 aliphatic carbocycles. The Morgan fingerprint density at radius 3 is 1.93 bits per heavy atom. The molecule has 208 valence electrons. The maximum Gasteiger partial charge on any atom is 0.174 e. The first-order valence-electron chi connectivity index (χ1n) is 12.7. The summed E-state index contributed by atoms with van der Waals surface area (Å²) in [6.07, 6.45) is -1.70. The predicted molar refractivity (Wildman–Crippen MR) is 144 cm³/mol. The summed E-state index contributed by atoms with van der Waals surface area (Å²) in [6.45, 7) is 0. The van der Waals surface area contributed by atoms with Crippen LogP contribution in [0.25, 0.3) is 11.1 Å². The molecule has 0 aromatic heterocycles. The lowest BCUT2D eigenvalue weighted by atomic mass is 9.89. The first-order chi connectivity index (χ1) is 19.6. The molecule has 2 heterocycles. The lowest BCUT2D eigenvalue weighted by Gasteiger charge is -2.28. The van der Waals surface area contributed by atoms with Gasteiger partial charge >= 0.3 is 0 Å². The molecule has 0 spiro atoms. The van der Waals surface area contributed by atoms with Crippen molar-refractivity contribution in [3.63, 3.8) is 0 Å². The summed E-state index contributed by atoms with van der Waals surface area (Å²) in [7, 11) is 1.41. The highest BCUT2D eigenvalue weighted by Crippen LogP contribution is 2.51. The van der Waals surface area contributed by atoms with Crippen molar-refractivity contribution >= 4 is 11.6 Å². The number of hydrogen-bond acceptors (Lipinski definition) is 10. The van der Waals surface area contributed by atoms with E-state index in [9.17, 15) is 35.1 Å². The van der Waals surface area contributed by atoms with Crippen LogP contribution in [-0.2, 0) is 0 Å². The summed E-state index contributed by atoms with van der Waals surface area (Å²) in [6, 6.07) is 14.6. The van der Waals surface area contributed by atoms with E-state index in [4.69, 9.17) is 14.2 Å². The molecule has 10 heteroatoms. The van der Waals surface area contributed by atoms with E-state index in [-0.39, 0.29) is 75.3 Å². The summed E-state index contributed by atoms with van der Waals surface area (Å²) in [5.74, 6) is -1.97. The molecule has 2 aliphatic rings. The van der Waals surface area contributed by atoms with Gasteiger partial charge in [-0.05, 0) is 35.4 Å². The molecule has 4 aromatic rings. The molecule has 0 amide bonds. The van der Waals surface area contributed by atoms with Crippen LogP contribution in [0.15, 0.2) is 60.7 Å². The quantitative estimate of drug-likeness (QED) is 0.223. The number of fused-ring (bicyclic) bond motifs is 2. The summed E-state index contributed by atoms with van der Waals surface area (Å²) in [4.78, 5) is 26.1. The number of carbonyl (C=O) groups excluding carboxylic acids is 2. The van der Waals surface area contributed by atoms with Crippen molar-refractivity contribution in [2.75, 3.05) is 7.11 Å². The SMILES string of the molecule is COc1ccc(C2CC(=O)c3c(O)cc(O)cc3O2)cc1-c1c(O)cc2c(c1O)C(=O)CC(c1ccc(O)cc1)O2. The van der Waals surface area contributed by atoms with Crippen LogP contribution >= 0.6 is 0 Å². The molecule has 0 saturated carbocycles. The molecule has 2 aliphatic heterocycles. The summed E-state index contributed by atoms with van der Waals surface area (Å²) < 4.78 is 17.4. The van der Waals surface area contributed by atoms with Gasteiger partial charge in [0.2, 0.25) is 0 Å². The minimum Gasteiger partial charge on any atom is -0.508 e. The maximum absolute atomic E-state index is 13.2. The highest BCUT2D eigenvalue weighted by molar-refractivity contribution is 6.06. The Labute approximate surface area is 233 Å². The van der Waals surface area contributed by atoms with Crippen molar-refractivity contribution < 1.29 is 49.3 Å². The number of benzene rings is 4. The van der Waals surface area contributed by atoms with E-state index in [1.54, 1.807) is 30.3 Å². The van der Waals surface area contributed by atoms with E-state index in [0.29, 0.717) is 11.1 Å². The third-order valence-electron chi connectivity index (χ3n) is 7.28. The van der Waals surface area contributed by atoms with Gasteiger partial charge in [-0.3, -0.25) is 9.59 Å². The molecule has 0 radical (unpaired) electrons. The highest BCUT2D eigenvalue weighted by Gasteiger charge is 2.35. The molecule has 0 bridgehead atoms. The second kappa shape index (κ2) is 9.67. The monoisotopic (exact) mass is 556 g/mol. The van der Waals surface area contributed by atoms with Crippen molar-refractivity contribution in [1.29, 1.82) is 0 Å². The van der Waals surface area contributed by atoms with Crippen molar-refractivity contribution in [1.82, 2.24) is 0 Å². The van der Waals surface area contributed by atoms with Crippen LogP contribution < -0.4 is 14.2 Å². The third-order valence-corrected chi connectivity index (χ3v) is 7.28. The van der Waals surface area contributed by atoms with Crippen LogP contribution in [0.1, 0.15) is 56.9 Å². The minimum absolute atomic E-state index is 0.00521. The van der Waals surface area contributed by atoms with Gasteiger partial charge in [0.05, 0.1) is 25.5 Å². The Morgan fingerprint density at radius 1 is 0.659 bits per heavy atom. The van der Waals surface area contributed by atoms with Gasteiger partial charge in [-0.1, -0.05) is 18.2 Å². The van der Waals surface area contributed by atoms with Crippen molar-refractivity contribution in [2.45, 2.75) is 25.0 Å². The zero-order chi connectivity index (χ0) is 29.0. The van der Waals surface area contributed by atoms with Crippen LogP contribution in [-0.4, -0.2) is 44.2 Å². The van der Waals surface area contributed by atoms with Crippen molar-refractivity contribution in [3.05, 3.63) is 82.9 Å². The number of aromatic hydroxyl groups is 5. The summed E-state index contributed by atoms with van der Waals surface area (Å²) in [5, 5.41) is 51.9. The van der Waals surface area contributed by atoms with E-state index in [1.165, 1.54) is 31.4 Å². The van der Waals surface area contributed by atoms with Crippen molar-refractivity contribution in [2.24, 2.45) is 0 Å². The maximum atomic E-state index is 13.2. The fraction of sp³-hybridized carbons (Fsp3) is 0.161. The molecule has 0 saturated heterocycles. The Kier molecular flexibility index (Phi) is 6.10. The fourth-order valence-corrected chi connectivity index (χ4v) is 5.33. The fourth-order valence-electron chi connectivity index (χ4n) is 5.33. The average Bonchev–Trinajstić information content (AvgIpc) is 2.92. The number of phenolic OH excluding ortho intramolecular Hbond substituents is 5. The number of rotatable bonds is 4. The van der Waals surface area contributed by atoms with E-state index in [1.807, 2.05) is 0 Å². The normalized spacial score (nSPS) is 17.7. The largest absolute Gasteiger partial charge is 0.508 e. The Hall–Kier alpha value is -5.38. The summed E-state index contributed by atoms with van der Waals surface area (Å²) >= 11 is 0. The molecule has 2 unspecified atom stereocenters. The van der Waals surface area contributed by atoms with Crippen LogP contribution in [0.3, 0.4) is 0 Å². The van der Waals surface area contributed by atoms with Gasteiger partial charge in [-0.2, -0.15) is 0 Å². The van der Waals surface area contributed by atoms with Gasteiger partial charge in [-0.15, -0.1) is 0 Å². The zero-order valence-corrected chi connectivity index (χ0v) is 21.6. The standard InChI is InChI=1S/C31H24O10/c1-39-23-7-4-15(25-11-21(36)29-19(34)9-17(33)10-26(29)41-25)8-18(23)28-20(35)13-27-30(31(28)38)22(37)12-24(40-27)14-2-5-16(32)6-3-14/h2-10,13,24-25,32-35,38H,11-12H2,1H3. The van der Waals surface area contributed by atoms with Gasteiger partial charge in [0.25, 0.3) is 0 Å². The smallest absolute Gasteiger partial charge is 0.174 e. The topological polar surface area (TPSA) is 163 Å². The number of Topliss-reactive ketones (excluding diaryl/α,β-unsaturated/α-hetero) is 2. The van der Waals surface area contributed by atoms with Gasteiger partial charge in [0.1, 0.15) is 69.3 Å². The van der Waals surface area contributed by atoms with Gasteiger partial charge < -0.3 is 39.7 Å². The number of ether oxygens (including phenoxy) is 3. The molecule has 6 rings (SSSR count). The molecule has 2 atom stereocenters. The van der Waals surface area contributed by atoms with E-state index in [2.05, 4.69) is 0 Å². The van der Waals surface area contributed by atoms with E-state index in [0.717, 1.165) is 6.07 Å². The van der Waals surface area contributed by atoms with Gasteiger partial charge in [-0.25, -0.2) is 0 Å². The predicted octanol–water partition coefficient (Wildman–Crippen LogP) is 5.30. The molecule has 10 nitrogen and oxygen atoms in total. The zero-order valence-electron chi connectivity index (χ0n) is 21.6. The molecule has 5 N–H and O–H groups in total. The molecular weight excluding hydrogens is 532 g/mol. The van der Waals surface area contributed by atoms with Crippen LogP contribution in [0.4, 0.5) is 0 Å². The highest BCUT2D eigenvalue weighted by atomic mass is 16.5. The Morgan fingerprint density at radius 2 is 1.24 bits per heavy atom. The summed E-state index contributed by atoms with van der Waals surface area (Å²) in [5.41, 5.74) is 1.17.